The molecule has 0 aromatic heterocycles. The number of fused-ring (bicyclic) bond motifs is 1. The number of benzene rings is 2. The summed E-state index contributed by atoms with van der Waals surface area (Å²) in [6, 6.07) is 8.04. The number of amidine groups is 1. The van der Waals surface area contributed by atoms with E-state index in [-0.39, 0.29) is 17.9 Å². The highest BCUT2D eigenvalue weighted by Crippen LogP contribution is 2.36. The highest BCUT2D eigenvalue weighted by atomic mass is 35.5. The van der Waals surface area contributed by atoms with Gasteiger partial charge in [-0.1, -0.05) is 35.0 Å². The zero-order valence-corrected chi connectivity index (χ0v) is 15.5. The van der Waals surface area contributed by atoms with Crippen molar-refractivity contribution < 1.29 is 13.9 Å². The van der Waals surface area contributed by atoms with Gasteiger partial charge in [0.2, 0.25) is 6.79 Å². The van der Waals surface area contributed by atoms with Gasteiger partial charge >= 0.3 is 0 Å². The number of hydrazone groups is 1. The van der Waals surface area contributed by atoms with Crippen molar-refractivity contribution in [2.45, 2.75) is 6.04 Å². The molecular formula is C17H12Cl2FN3O2S. The van der Waals surface area contributed by atoms with Crippen molar-refractivity contribution in [3.8, 4) is 11.5 Å². The summed E-state index contributed by atoms with van der Waals surface area (Å²) in [5.74, 6) is 1.55. The first-order valence-corrected chi connectivity index (χ1v) is 9.38. The lowest BCUT2D eigenvalue weighted by Crippen LogP contribution is -2.11. The van der Waals surface area contributed by atoms with Crippen LogP contribution in [0.1, 0.15) is 17.2 Å². The maximum absolute atomic E-state index is 13.7. The molecule has 0 fully saturated rings. The van der Waals surface area contributed by atoms with E-state index in [1.165, 1.54) is 23.9 Å². The van der Waals surface area contributed by atoms with Crippen LogP contribution in [-0.2, 0) is 0 Å². The van der Waals surface area contributed by atoms with Crippen LogP contribution in [0.4, 0.5) is 4.39 Å². The molecule has 0 aliphatic carbocycles. The highest BCUT2D eigenvalue weighted by molar-refractivity contribution is 8.14. The minimum Gasteiger partial charge on any atom is -0.454 e. The fraction of sp³-hybridized carbons (Fsp3) is 0.176. The van der Waals surface area contributed by atoms with Crippen LogP contribution in [0.5, 0.6) is 11.5 Å². The molecule has 0 saturated heterocycles. The zero-order chi connectivity index (χ0) is 18.1. The Bertz CT molecular complexity index is 923. The Labute approximate surface area is 163 Å². The van der Waals surface area contributed by atoms with E-state index in [1.54, 1.807) is 6.21 Å². The van der Waals surface area contributed by atoms with Crippen molar-refractivity contribution in [3.05, 3.63) is 57.3 Å². The van der Waals surface area contributed by atoms with Crippen molar-refractivity contribution in [3.63, 3.8) is 0 Å². The van der Waals surface area contributed by atoms with Gasteiger partial charge in [0.05, 0.1) is 17.3 Å². The summed E-state index contributed by atoms with van der Waals surface area (Å²) in [7, 11) is 0. The molecule has 2 aromatic carbocycles. The summed E-state index contributed by atoms with van der Waals surface area (Å²) in [6.45, 7) is 0.233. The molecule has 134 valence electrons. The molecular weight excluding hydrogens is 400 g/mol. The molecule has 2 aliphatic rings. The Morgan fingerprint density at radius 3 is 2.92 bits per heavy atom. The Morgan fingerprint density at radius 2 is 2.04 bits per heavy atom. The molecule has 4 rings (SSSR count). The summed E-state index contributed by atoms with van der Waals surface area (Å²) in [6.07, 6.45) is 1.66. The van der Waals surface area contributed by atoms with E-state index < -0.39 is 5.82 Å². The Morgan fingerprint density at radius 1 is 1.19 bits per heavy atom. The van der Waals surface area contributed by atoms with Crippen LogP contribution in [0.25, 0.3) is 0 Å². The lowest BCUT2D eigenvalue weighted by molar-refractivity contribution is 0.174. The van der Waals surface area contributed by atoms with Crippen molar-refractivity contribution in [2.75, 3.05) is 12.5 Å². The predicted molar refractivity (Wildman–Crippen MR) is 102 cm³/mol. The Hall–Kier alpha value is -1.96. The standard InChI is InChI=1S/C17H12Cl2FN3O2S/c18-11-5-12(19)13(20)4-10(11)14-7-26-17(22-14)23-21-6-9-1-2-15-16(3-9)25-8-24-15/h1-6,14H,7-8H2,(H,22,23). The van der Waals surface area contributed by atoms with Gasteiger partial charge in [0.25, 0.3) is 0 Å². The summed E-state index contributed by atoms with van der Waals surface area (Å²) >= 11 is 13.4. The molecule has 2 aliphatic heterocycles. The van der Waals surface area contributed by atoms with E-state index in [2.05, 4.69) is 15.5 Å². The third-order valence-electron chi connectivity index (χ3n) is 3.82. The van der Waals surface area contributed by atoms with Crippen LogP contribution in [0.15, 0.2) is 40.4 Å². The molecule has 0 spiro atoms. The van der Waals surface area contributed by atoms with Crippen molar-refractivity contribution >= 4 is 46.3 Å². The van der Waals surface area contributed by atoms with Crippen LogP contribution in [-0.4, -0.2) is 23.9 Å². The van der Waals surface area contributed by atoms with Crippen LogP contribution in [0.2, 0.25) is 10.0 Å². The zero-order valence-electron chi connectivity index (χ0n) is 13.2. The summed E-state index contributed by atoms with van der Waals surface area (Å²) < 4.78 is 24.3. The molecule has 2 aromatic rings. The number of ether oxygens (including phenoxy) is 2. The minimum atomic E-state index is -0.506. The largest absolute Gasteiger partial charge is 0.454 e. The van der Waals surface area contributed by atoms with Crippen molar-refractivity contribution in [2.24, 2.45) is 10.1 Å². The number of nitrogens with zero attached hydrogens (tertiary/aromatic N) is 2. The average Bonchev–Trinajstić information content (AvgIpc) is 3.27. The number of rotatable bonds is 3. The molecule has 0 saturated carbocycles. The molecule has 1 unspecified atom stereocenters. The molecule has 1 atom stereocenters. The van der Waals surface area contributed by atoms with Gasteiger partial charge < -0.3 is 9.47 Å². The lowest BCUT2D eigenvalue weighted by Gasteiger charge is -2.09. The first-order valence-electron chi connectivity index (χ1n) is 7.64. The molecule has 0 radical (unpaired) electrons. The van der Waals surface area contributed by atoms with E-state index in [0.717, 1.165) is 11.3 Å². The number of thioether (sulfide) groups is 1. The van der Waals surface area contributed by atoms with Gasteiger partial charge in [-0.2, -0.15) is 5.10 Å². The maximum Gasteiger partial charge on any atom is 0.231 e. The first-order chi connectivity index (χ1) is 12.6. The number of hydrogen-bond acceptors (Lipinski definition) is 6. The highest BCUT2D eigenvalue weighted by Gasteiger charge is 2.23. The second-order valence-corrected chi connectivity index (χ2v) is 7.35. The van der Waals surface area contributed by atoms with Crippen LogP contribution >= 0.6 is 35.0 Å². The van der Waals surface area contributed by atoms with E-state index in [1.807, 2.05) is 18.2 Å². The number of aliphatic imine (C=N–C) groups is 1. The van der Waals surface area contributed by atoms with E-state index in [0.29, 0.717) is 27.3 Å². The van der Waals surface area contributed by atoms with Crippen LogP contribution in [0, 0.1) is 5.82 Å². The Balaban J connectivity index is 1.43. The van der Waals surface area contributed by atoms with Gasteiger partial charge in [0, 0.05) is 10.8 Å². The molecule has 0 bridgehead atoms. The maximum atomic E-state index is 13.7. The average molecular weight is 412 g/mol. The normalized spacial score (nSPS) is 18.4. The number of halogens is 3. The number of nitrogens with one attached hydrogen (secondary N) is 1. The molecule has 26 heavy (non-hydrogen) atoms. The fourth-order valence-electron chi connectivity index (χ4n) is 2.54. The van der Waals surface area contributed by atoms with E-state index in [4.69, 9.17) is 32.7 Å². The van der Waals surface area contributed by atoms with Gasteiger partial charge in [-0.15, -0.1) is 0 Å². The van der Waals surface area contributed by atoms with Crippen molar-refractivity contribution in [1.29, 1.82) is 0 Å². The smallest absolute Gasteiger partial charge is 0.231 e. The predicted octanol–water partition coefficient (Wildman–Crippen LogP) is 4.63. The monoisotopic (exact) mass is 411 g/mol. The van der Waals surface area contributed by atoms with E-state index >= 15 is 0 Å². The molecule has 2 heterocycles. The third kappa shape index (κ3) is 3.60. The Kier molecular flexibility index (Phi) is 4.93. The van der Waals surface area contributed by atoms with Crippen LogP contribution in [0.3, 0.4) is 0 Å². The van der Waals surface area contributed by atoms with Crippen LogP contribution < -0.4 is 14.9 Å². The number of hydrogen-bond donors (Lipinski definition) is 1. The summed E-state index contributed by atoms with van der Waals surface area (Å²) in [4.78, 5) is 4.49. The first kappa shape index (κ1) is 17.5. The molecule has 5 nitrogen and oxygen atoms in total. The second-order valence-electron chi connectivity index (χ2n) is 5.53. The summed E-state index contributed by atoms with van der Waals surface area (Å²) in [5.41, 5.74) is 4.36. The van der Waals surface area contributed by atoms with Gasteiger partial charge in [-0.05, 0) is 41.5 Å². The van der Waals surface area contributed by atoms with Gasteiger partial charge in [-0.25, -0.2) is 4.39 Å². The third-order valence-corrected chi connectivity index (χ3v) is 5.39. The molecule has 9 heteroatoms. The molecule has 0 amide bonds. The second kappa shape index (κ2) is 7.34. The fourth-order valence-corrected chi connectivity index (χ4v) is 3.94. The van der Waals surface area contributed by atoms with E-state index in [9.17, 15) is 4.39 Å². The van der Waals surface area contributed by atoms with Crippen molar-refractivity contribution in [1.82, 2.24) is 5.43 Å². The van der Waals surface area contributed by atoms with Gasteiger partial charge in [0.1, 0.15) is 5.82 Å². The topological polar surface area (TPSA) is 55.2 Å². The lowest BCUT2D eigenvalue weighted by atomic mass is 10.1. The van der Waals surface area contributed by atoms with Gasteiger partial charge in [-0.3, -0.25) is 10.4 Å². The quantitative estimate of drug-likeness (QED) is 0.454. The SMILES string of the molecule is Fc1cc(C2CSC(NN=Cc3ccc4c(c3)OCO4)=N2)c(Cl)cc1Cl. The minimum absolute atomic E-state index is 0.0000500. The van der Waals surface area contributed by atoms with Gasteiger partial charge in [0.15, 0.2) is 16.7 Å². The summed E-state index contributed by atoms with van der Waals surface area (Å²) in [5, 5.41) is 5.22. The molecule has 1 N–H and O–H groups in total.